The molecule has 76 valence electrons. The van der Waals surface area contributed by atoms with Crippen LogP contribution in [0, 0.1) is 11.3 Å². The van der Waals surface area contributed by atoms with Crippen LogP contribution in [0.3, 0.4) is 0 Å². The van der Waals surface area contributed by atoms with E-state index in [0.29, 0.717) is 5.41 Å². The first-order valence-electron chi connectivity index (χ1n) is 5.53. The first-order valence-corrected chi connectivity index (χ1v) is 5.53. The highest BCUT2D eigenvalue weighted by Crippen LogP contribution is 2.39. The van der Waals surface area contributed by atoms with Crippen molar-refractivity contribution in [3.8, 4) is 0 Å². The summed E-state index contributed by atoms with van der Waals surface area (Å²) in [6.07, 6.45) is 3.90. The van der Waals surface area contributed by atoms with E-state index in [0.717, 1.165) is 25.2 Å². The van der Waals surface area contributed by atoms with Crippen molar-refractivity contribution < 1.29 is 4.74 Å². The van der Waals surface area contributed by atoms with E-state index in [9.17, 15) is 0 Å². The lowest BCUT2D eigenvalue weighted by Crippen LogP contribution is -2.31. The molecule has 2 saturated heterocycles. The molecule has 2 heteroatoms. The van der Waals surface area contributed by atoms with E-state index in [-0.39, 0.29) is 0 Å². The second-order valence-electron chi connectivity index (χ2n) is 5.05. The monoisotopic (exact) mass is 183 g/mol. The van der Waals surface area contributed by atoms with Gasteiger partial charge in [0.2, 0.25) is 0 Å². The maximum absolute atomic E-state index is 5.42. The van der Waals surface area contributed by atoms with Gasteiger partial charge in [0.05, 0.1) is 0 Å². The average Bonchev–Trinajstić information content (AvgIpc) is 2.51. The van der Waals surface area contributed by atoms with Gasteiger partial charge in [-0.15, -0.1) is 0 Å². The maximum Gasteiger partial charge on any atom is 0.0471 e. The number of rotatable bonds is 1. The number of hydrogen-bond acceptors (Lipinski definition) is 2. The molecule has 1 unspecified atom stereocenters. The molecule has 2 heterocycles. The predicted molar refractivity (Wildman–Crippen MR) is 53.7 cm³/mol. The zero-order valence-corrected chi connectivity index (χ0v) is 8.81. The zero-order valence-electron chi connectivity index (χ0n) is 8.81. The van der Waals surface area contributed by atoms with Gasteiger partial charge in [0.1, 0.15) is 0 Å². The van der Waals surface area contributed by atoms with Crippen molar-refractivity contribution in [3.05, 3.63) is 0 Å². The molecule has 2 nitrogen and oxygen atoms in total. The van der Waals surface area contributed by atoms with E-state index in [1.165, 1.54) is 25.8 Å². The molecule has 0 aromatic heterocycles. The van der Waals surface area contributed by atoms with E-state index in [2.05, 4.69) is 19.2 Å². The summed E-state index contributed by atoms with van der Waals surface area (Å²) < 4.78 is 5.42. The second kappa shape index (κ2) is 3.58. The molecule has 0 aromatic rings. The molecule has 1 N–H and O–H groups in total. The molecule has 2 fully saturated rings. The second-order valence-corrected chi connectivity index (χ2v) is 5.05. The topological polar surface area (TPSA) is 21.3 Å². The molecule has 13 heavy (non-hydrogen) atoms. The summed E-state index contributed by atoms with van der Waals surface area (Å²) in [4.78, 5) is 0. The van der Waals surface area contributed by atoms with E-state index in [1.807, 2.05) is 0 Å². The Balaban J connectivity index is 1.94. The van der Waals surface area contributed by atoms with Crippen molar-refractivity contribution in [3.63, 3.8) is 0 Å². The van der Waals surface area contributed by atoms with Crippen LogP contribution in [-0.4, -0.2) is 25.8 Å². The Morgan fingerprint density at radius 1 is 1.31 bits per heavy atom. The van der Waals surface area contributed by atoms with E-state index >= 15 is 0 Å². The molecule has 0 aromatic carbocycles. The van der Waals surface area contributed by atoms with Gasteiger partial charge in [-0.25, -0.2) is 0 Å². The third-order valence-corrected chi connectivity index (χ3v) is 3.75. The van der Waals surface area contributed by atoms with Gasteiger partial charge in [-0.05, 0) is 30.6 Å². The van der Waals surface area contributed by atoms with Crippen LogP contribution < -0.4 is 5.32 Å². The van der Waals surface area contributed by atoms with Gasteiger partial charge in [-0.3, -0.25) is 0 Å². The Hall–Kier alpha value is -0.0800. The summed E-state index contributed by atoms with van der Waals surface area (Å²) in [5.74, 6) is 0.780. The van der Waals surface area contributed by atoms with Crippen molar-refractivity contribution in [1.29, 1.82) is 0 Å². The predicted octanol–water partition coefficient (Wildman–Crippen LogP) is 1.80. The molecular formula is C11H21NO. The molecule has 1 spiro atoms. The lowest BCUT2D eigenvalue weighted by Gasteiger charge is -2.32. The summed E-state index contributed by atoms with van der Waals surface area (Å²) in [7, 11) is 0. The molecule has 0 radical (unpaired) electrons. The quantitative estimate of drug-likeness (QED) is 0.669. The highest BCUT2D eigenvalue weighted by atomic mass is 16.5. The smallest absolute Gasteiger partial charge is 0.0471 e. The summed E-state index contributed by atoms with van der Waals surface area (Å²) in [6.45, 7) is 7.81. The van der Waals surface area contributed by atoms with Gasteiger partial charge >= 0.3 is 0 Å². The first-order chi connectivity index (χ1) is 6.22. The molecule has 2 rings (SSSR count). The van der Waals surface area contributed by atoms with Crippen molar-refractivity contribution in [2.75, 3.05) is 19.8 Å². The van der Waals surface area contributed by atoms with E-state index < -0.39 is 0 Å². The van der Waals surface area contributed by atoms with Crippen LogP contribution in [0.15, 0.2) is 0 Å². The molecule has 0 bridgehead atoms. The Labute approximate surface area is 81.0 Å². The van der Waals surface area contributed by atoms with Crippen LogP contribution in [0.4, 0.5) is 0 Å². The van der Waals surface area contributed by atoms with Crippen molar-refractivity contribution in [1.82, 2.24) is 5.32 Å². The molecule has 1 atom stereocenters. The highest BCUT2D eigenvalue weighted by Gasteiger charge is 2.40. The Bertz CT molecular complexity index is 173. The SMILES string of the molecule is CC(C)C1CC2(CCOCC2)CN1. The fourth-order valence-electron chi connectivity index (χ4n) is 2.62. The number of ether oxygens (including phenoxy) is 1. The lowest BCUT2D eigenvalue weighted by atomic mass is 9.77. The largest absolute Gasteiger partial charge is 0.381 e. The minimum atomic E-state index is 0.590. The number of nitrogens with one attached hydrogen (secondary N) is 1. The number of hydrogen-bond donors (Lipinski definition) is 1. The summed E-state index contributed by atoms with van der Waals surface area (Å²) in [5.41, 5.74) is 0.590. The van der Waals surface area contributed by atoms with Gasteiger partial charge in [0.15, 0.2) is 0 Å². The van der Waals surface area contributed by atoms with Crippen molar-refractivity contribution in [2.24, 2.45) is 11.3 Å². The van der Waals surface area contributed by atoms with Crippen LogP contribution in [0.5, 0.6) is 0 Å². The van der Waals surface area contributed by atoms with Crippen molar-refractivity contribution >= 4 is 0 Å². The van der Waals surface area contributed by atoms with Crippen LogP contribution in [0.1, 0.15) is 33.1 Å². The van der Waals surface area contributed by atoms with Gasteiger partial charge in [-0.2, -0.15) is 0 Å². The molecule has 0 aliphatic carbocycles. The van der Waals surface area contributed by atoms with Gasteiger partial charge in [0.25, 0.3) is 0 Å². The lowest BCUT2D eigenvalue weighted by molar-refractivity contribution is 0.0228. The highest BCUT2D eigenvalue weighted by molar-refractivity contribution is 4.95. The average molecular weight is 183 g/mol. The van der Waals surface area contributed by atoms with Crippen molar-refractivity contribution in [2.45, 2.75) is 39.2 Å². The first kappa shape index (κ1) is 9.47. The fourth-order valence-corrected chi connectivity index (χ4v) is 2.62. The standard InChI is InChI=1S/C11H21NO/c1-9(2)10-7-11(8-12-10)3-5-13-6-4-11/h9-10,12H,3-8H2,1-2H3. The van der Waals surface area contributed by atoms with Crippen LogP contribution in [0.25, 0.3) is 0 Å². The molecule has 2 aliphatic heterocycles. The Morgan fingerprint density at radius 3 is 2.54 bits per heavy atom. The minimum Gasteiger partial charge on any atom is -0.381 e. The Morgan fingerprint density at radius 2 is 2.00 bits per heavy atom. The molecular weight excluding hydrogens is 162 g/mol. The third kappa shape index (κ3) is 1.89. The van der Waals surface area contributed by atoms with Crippen LogP contribution in [0.2, 0.25) is 0 Å². The fraction of sp³-hybridized carbons (Fsp3) is 1.00. The zero-order chi connectivity index (χ0) is 9.31. The minimum absolute atomic E-state index is 0.590. The molecule has 0 amide bonds. The normalized spacial score (nSPS) is 33.0. The Kier molecular flexibility index (Phi) is 2.61. The van der Waals surface area contributed by atoms with Gasteiger partial charge in [-0.1, -0.05) is 13.8 Å². The summed E-state index contributed by atoms with van der Waals surface area (Å²) >= 11 is 0. The summed E-state index contributed by atoms with van der Waals surface area (Å²) in [6, 6.07) is 0.748. The van der Waals surface area contributed by atoms with Gasteiger partial charge < -0.3 is 10.1 Å². The molecule has 0 saturated carbocycles. The van der Waals surface area contributed by atoms with Gasteiger partial charge in [0, 0.05) is 25.8 Å². The van der Waals surface area contributed by atoms with E-state index in [4.69, 9.17) is 4.74 Å². The molecule has 2 aliphatic rings. The van der Waals surface area contributed by atoms with E-state index in [1.54, 1.807) is 0 Å². The van der Waals surface area contributed by atoms with Crippen LogP contribution >= 0.6 is 0 Å². The maximum atomic E-state index is 5.42. The van der Waals surface area contributed by atoms with Crippen LogP contribution in [-0.2, 0) is 4.74 Å². The third-order valence-electron chi connectivity index (χ3n) is 3.75. The summed E-state index contributed by atoms with van der Waals surface area (Å²) in [5, 5.41) is 3.66.